The second kappa shape index (κ2) is 18.0. The zero-order valence-electron chi connectivity index (χ0n) is 23.1. The highest BCUT2D eigenvalue weighted by Gasteiger charge is 2.16. The summed E-state index contributed by atoms with van der Waals surface area (Å²) in [5.41, 5.74) is 5.38. The van der Waals surface area contributed by atoms with Crippen LogP contribution in [0, 0.1) is 5.92 Å². The fourth-order valence-electron chi connectivity index (χ4n) is 4.36. The summed E-state index contributed by atoms with van der Waals surface area (Å²) in [4.78, 5) is 26.1. The third-order valence-electron chi connectivity index (χ3n) is 6.46. The van der Waals surface area contributed by atoms with Crippen molar-refractivity contribution in [2.24, 2.45) is 5.92 Å². The predicted molar refractivity (Wildman–Crippen MR) is 149 cm³/mol. The van der Waals surface area contributed by atoms with Gasteiger partial charge in [-0.1, -0.05) is 64.2 Å². The molecule has 1 rings (SSSR count). The molecule has 0 saturated carbocycles. The van der Waals surface area contributed by atoms with Gasteiger partial charge in [-0.05, 0) is 74.3 Å². The molecular weight excluding hydrogens is 434 g/mol. The van der Waals surface area contributed by atoms with Crippen LogP contribution in [0.25, 0.3) is 0 Å². The number of hydrogen-bond acceptors (Lipinski definition) is 3. The summed E-state index contributed by atoms with van der Waals surface area (Å²) >= 11 is 0. The number of amides is 2. The quantitative estimate of drug-likeness (QED) is 0.288. The number of nitrogens with one attached hydrogen (secondary N) is 2. The Bertz CT molecular complexity index is 817. The van der Waals surface area contributed by atoms with Crippen molar-refractivity contribution in [3.8, 4) is 0 Å². The zero-order chi connectivity index (χ0) is 26.1. The van der Waals surface area contributed by atoms with Crippen LogP contribution in [0.2, 0.25) is 0 Å². The second-order valence-corrected chi connectivity index (χ2v) is 9.21. The van der Waals surface area contributed by atoms with E-state index in [1.54, 1.807) is 0 Å². The van der Waals surface area contributed by atoms with E-state index in [9.17, 15) is 9.59 Å². The maximum Gasteiger partial charge on any atom is 0.223 e. The standard InChI is InChI=1S/C30H49N3O2/c1-7-11-14-28-16-12-15-26(9-3)29(24(28)5)17-13-22-33(21-8-2)23-20-32-30(35)27(10-4)18-19-31-25(6)34/h11-12,14-17,27H,7-10,13,18-23H2,1-6H3,(H,31,34)(H,32,35)/b14-11-,29-17-. The van der Waals surface area contributed by atoms with E-state index in [1.807, 2.05) is 6.92 Å². The summed E-state index contributed by atoms with van der Waals surface area (Å²) < 4.78 is 0. The van der Waals surface area contributed by atoms with Gasteiger partial charge in [0, 0.05) is 39.0 Å². The van der Waals surface area contributed by atoms with Gasteiger partial charge in [-0.15, -0.1) is 0 Å². The fraction of sp³-hybridized carbons (Fsp3) is 0.600. The zero-order valence-corrected chi connectivity index (χ0v) is 23.1. The molecule has 0 radical (unpaired) electrons. The molecule has 1 atom stereocenters. The molecule has 2 N–H and O–H groups in total. The third kappa shape index (κ3) is 11.7. The van der Waals surface area contributed by atoms with E-state index in [0.29, 0.717) is 19.5 Å². The minimum Gasteiger partial charge on any atom is -0.356 e. The van der Waals surface area contributed by atoms with Gasteiger partial charge in [-0.25, -0.2) is 0 Å². The molecule has 0 fully saturated rings. The molecule has 0 saturated heterocycles. The van der Waals surface area contributed by atoms with Crippen molar-refractivity contribution in [2.45, 2.75) is 80.1 Å². The summed E-state index contributed by atoms with van der Waals surface area (Å²) in [6.45, 7) is 16.4. The number of carbonyl (C=O) groups is 2. The Morgan fingerprint density at radius 3 is 2.46 bits per heavy atom. The molecule has 0 bridgehead atoms. The normalized spacial score (nSPS) is 16.1. The summed E-state index contributed by atoms with van der Waals surface area (Å²) in [6.07, 6.45) is 19.1. The SMILES string of the molecule is CC/C=C\C1=C(C)C(=C/CCN(CCC)CCNC(=O)C(CC)CCNC(C)=O)/C(CC)=CC=C1. The molecule has 196 valence electrons. The predicted octanol–water partition coefficient (Wildman–Crippen LogP) is 5.87. The maximum atomic E-state index is 12.6. The number of allylic oxidation sites excluding steroid dienone is 9. The summed E-state index contributed by atoms with van der Waals surface area (Å²) in [7, 11) is 0. The molecule has 0 aromatic heterocycles. The average molecular weight is 484 g/mol. The minimum atomic E-state index is -0.0555. The van der Waals surface area contributed by atoms with Crippen LogP contribution in [0.5, 0.6) is 0 Å². The van der Waals surface area contributed by atoms with Crippen LogP contribution < -0.4 is 10.6 Å². The van der Waals surface area contributed by atoms with Gasteiger partial charge in [0.15, 0.2) is 0 Å². The van der Waals surface area contributed by atoms with Crippen molar-refractivity contribution < 1.29 is 9.59 Å². The molecular formula is C30H49N3O2. The first-order valence-corrected chi connectivity index (χ1v) is 13.6. The van der Waals surface area contributed by atoms with Crippen molar-refractivity contribution >= 4 is 11.8 Å². The van der Waals surface area contributed by atoms with E-state index in [0.717, 1.165) is 51.7 Å². The van der Waals surface area contributed by atoms with Crippen LogP contribution in [-0.4, -0.2) is 49.4 Å². The molecule has 5 heteroatoms. The highest BCUT2D eigenvalue weighted by Crippen LogP contribution is 2.29. The molecule has 35 heavy (non-hydrogen) atoms. The van der Waals surface area contributed by atoms with Gasteiger partial charge in [0.2, 0.25) is 11.8 Å². The van der Waals surface area contributed by atoms with Crippen LogP contribution in [0.1, 0.15) is 80.1 Å². The van der Waals surface area contributed by atoms with Crippen LogP contribution in [-0.2, 0) is 9.59 Å². The van der Waals surface area contributed by atoms with Gasteiger partial charge >= 0.3 is 0 Å². The third-order valence-corrected chi connectivity index (χ3v) is 6.46. The summed E-state index contributed by atoms with van der Waals surface area (Å²) in [6, 6.07) is 0. The molecule has 2 amide bonds. The van der Waals surface area contributed by atoms with E-state index in [4.69, 9.17) is 0 Å². The van der Waals surface area contributed by atoms with E-state index < -0.39 is 0 Å². The molecule has 1 unspecified atom stereocenters. The molecule has 0 aromatic carbocycles. The molecule has 0 heterocycles. The van der Waals surface area contributed by atoms with Gasteiger partial charge in [0.1, 0.15) is 0 Å². The lowest BCUT2D eigenvalue weighted by molar-refractivity contribution is -0.126. The largest absolute Gasteiger partial charge is 0.356 e. The summed E-state index contributed by atoms with van der Waals surface area (Å²) in [5.74, 6) is -0.0139. The van der Waals surface area contributed by atoms with Crippen molar-refractivity contribution in [1.82, 2.24) is 15.5 Å². The topological polar surface area (TPSA) is 61.4 Å². The van der Waals surface area contributed by atoms with Crippen LogP contribution in [0.3, 0.4) is 0 Å². The Morgan fingerprint density at radius 1 is 1.06 bits per heavy atom. The Labute approximate surface area is 214 Å². The van der Waals surface area contributed by atoms with Crippen LogP contribution in [0.15, 0.2) is 58.7 Å². The second-order valence-electron chi connectivity index (χ2n) is 9.21. The monoisotopic (exact) mass is 483 g/mol. The van der Waals surface area contributed by atoms with Gasteiger partial charge in [-0.2, -0.15) is 0 Å². The lowest BCUT2D eigenvalue weighted by Crippen LogP contribution is -2.39. The first kappa shape index (κ1) is 30.6. The Balaban J connectivity index is 2.71. The highest BCUT2D eigenvalue weighted by molar-refractivity contribution is 5.78. The first-order chi connectivity index (χ1) is 16.9. The Hall–Kier alpha value is -2.40. The fourth-order valence-corrected chi connectivity index (χ4v) is 4.36. The smallest absolute Gasteiger partial charge is 0.223 e. The van der Waals surface area contributed by atoms with Crippen LogP contribution in [0.4, 0.5) is 0 Å². The lowest BCUT2D eigenvalue weighted by atomic mass is 9.93. The van der Waals surface area contributed by atoms with Crippen molar-refractivity contribution in [3.63, 3.8) is 0 Å². The Kier molecular flexibility index (Phi) is 15.7. The van der Waals surface area contributed by atoms with Gasteiger partial charge in [0.25, 0.3) is 0 Å². The van der Waals surface area contributed by atoms with Gasteiger partial charge in [0.05, 0.1) is 0 Å². The number of carbonyl (C=O) groups excluding carboxylic acids is 2. The lowest BCUT2D eigenvalue weighted by Gasteiger charge is -2.22. The van der Waals surface area contributed by atoms with Crippen LogP contribution >= 0.6 is 0 Å². The van der Waals surface area contributed by atoms with E-state index >= 15 is 0 Å². The maximum absolute atomic E-state index is 12.6. The minimum absolute atomic E-state index is 0.0496. The van der Waals surface area contributed by atoms with Gasteiger partial charge in [-0.3, -0.25) is 9.59 Å². The molecule has 0 spiro atoms. The van der Waals surface area contributed by atoms with E-state index in [1.165, 1.54) is 29.2 Å². The number of nitrogens with zero attached hydrogens (tertiary/aromatic N) is 1. The van der Waals surface area contributed by atoms with E-state index in [2.05, 4.69) is 79.7 Å². The van der Waals surface area contributed by atoms with Gasteiger partial charge < -0.3 is 15.5 Å². The number of hydrogen-bond donors (Lipinski definition) is 2. The first-order valence-electron chi connectivity index (χ1n) is 13.6. The summed E-state index contributed by atoms with van der Waals surface area (Å²) in [5, 5.41) is 5.90. The highest BCUT2D eigenvalue weighted by atomic mass is 16.2. The Morgan fingerprint density at radius 2 is 1.83 bits per heavy atom. The van der Waals surface area contributed by atoms with E-state index in [-0.39, 0.29) is 17.7 Å². The average Bonchev–Trinajstić information content (AvgIpc) is 2.98. The van der Waals surface area contributed by atoms with Crippen molar-refractivity contribution in [3.05, 3.63) is 58.7 Å². The van der Waals surface area contributed by atoms with Crippen molar-refractivity contribution in [2.75, 3.05) is 32.7 Å². The molecule has 0 aliphatic heterocycles. The molecule has 1 aliphatic carbocycles. The molecule has 1 aliphatic rings. The van der Waals surface area contributed by atoms with Crippen molar-refractivity contribution in [1.29, 1.82) is 0 Å². The molecule has 0 aromatic rings. The molecule has 5 nitrogen and oxygen atoms in total. The number of rotatable bonds is 16.